The lowest BCUT2D eigenvalue weighted by atomic mass is 10.1. The quantitative estimate of drug-likeness (QED) is 0.877. The van der Waals surface area contributed by atoms with Gasteiger partial charge < -0.3 is 19.4 Å². The van der Waals surface area contributed by atoms with Crippen molar-refractivity contribution in [3.05, 3.63) is 23.0 Å². The third-order valence-electron chi connectivity index (χ3n) is 5.25. The molecule has 2 saturated carbocycles. The highest BCUT2D eigenvalue weighted by atomic mass is 16.5. The number of morpholine rings is 1. The molecule has 1 N–H and O–H groups in total. The van der Waals surface area contributed by atoms with Gasteiger partial charge in [0.2, 0.25) is 0 Å². The first kappa shape index (κ1) is 15.2. The third kappa shape index (κ3) is 3.17. The molecule has 0 bridgehead atoms. The first-order chi connectivity index (χ1) is 11.3. The molecule has 3 aliphatic rings. The molecule has 2 aliphatic carbocycles. The zero-order chi connectivity index (χ0) is 15.8. The van der Waals surface area contributed by atoms with Gasteiger partial charge in [-0.1, -0.05) is 0 Å². The molecule has 1 atom stereocenters. The van der Waals surface area contributed by atoms with Crippen molar-refractivity contribution in [1.82, 2.24) is 9.88 Å². The van der Waals surface area contributed by atoms with E-state index in [4.69, 9.17) is 9.47 Å². The van der Waals surface area contributed by atoms with Crippen LogP contribution in [0.4, 0.5) is 0 Å². The number of rotatable bonds is 6. The van der Waals surface area contributed by atoms with E-state index >= 15 is 0 Å². The molecule has 5 nitrogen and oxygen atoms in total. The highest BCUT2D eigenvalue weighted by molar-refractivity contribution is 5.96. The fourth-order valence-corrected chi connectivity index (χ4v) is 3.55. The SMILES string of the molecule is COCCC1COCCN1C(=O)c1cc(C2CC2)[nH]c1C1CC1. The van der Waals surface area contributed by atoms with Gasteiger partial charge in [-0.15, -0.1) is 0 Å². The minimum Gasteiger partial charge on any atom is -0.385 e. The fourth-order valence-electron chi connectivity index (χ4n) is 3.55. The van der Waals surface area contributed by atoms with Crippen LogP contribution in [0.2, 0.25) is 0 Å². The van der Waals surface area contributed by atoms with Crippen LogP contribution in [0.25, 0.3) is 0 Å². The lowest BCUT2D eigenvalue weighted by molar-refractivity contribution is -0.0104. The molecular formula is C18H26N2O3. The van der Waals surface area contributed by atoms with Gasteiger partial charge >= 0.3 is 0 Å². The molecule has 1 unspecified atom stereocenters. The van der Waals surface area contributed by atoms with Gasteiger partial charge in [0.15, 0.2) is 0 Å². The lowest BCUT2D eigenvalue weighted by Crippen LogP contribution is -2.49. The standard InChI is InChI=1S/C18H26N2O3/c1-22-8-6-14-11-23-9-7-20(14)18(21)15-10-16(12-2-3-12)19-17(15)13-4-5-13/h10,12-14,19H,2-9,11H2,1H3. The Morgan fingerprint density at radius 1 is 1.35 bits per heavy atom. The Hall–Kier alpha value is -1.33. The second-order valence-corrected chi connectivity index (χ2v) is 7.11. The minimum atomic E-state index is 0.127. The van der Waals surface area contributed by atoms with E-state index in [0.717, 1.165) is 12.0 Å². The summed E-state index contributed by atoms with van der Waals surface area (Å²) in [4.78, 5) is 18.8. The summed E-state index contributed by atoms with van der Waals surface area (Å²) in [5.74, 6) is 1.40. The van der Waals surface area contributed by atoms with E-state index in [1.54, 1.807) is 7.11 Å². The van der Waals surface area contributed by atoms with Gasteiger partial charge in [-0.3, -0.25) is 4.79 Å². The highest BCUT2D eigenvalue weighted by Crippen LogP contribution is 2.46. The normalized spacial score (nSPS) is 24.9. The molecule has 4 rings (SSSR count). The van der Waals surface area contributed by atoms with Crippen molar-refractivity contribution in [2.24, 2.45) is 0 Å². The summed E-state index contributed by atoms with van der Waals surface area (Å²) in [7, 11) is 1.70. The molecule has 1 amide bonds. The van der Waals surface area contributed by atoms with Gasteiger partial charge in [-0.25, -0.2) is 0 Å². The average Bonchev–Trinajstić information content (AvgIpc) is 3.51. The second-order valence-electron chi connectivity index (χ2n) is 7.11. The van der Waals surface area contributed by atoms with Crippen LogP contribution in [0.1, 0.15) is 65.7 Å². The zero-order valence-corrected chi connectivity index (χ0v) is 13.8. The first-order valence-corrected chi connectivity index (χ1v) is 8.88. The van der Waals surface area contributed by atoms with E-state index in [9.17, 15) is 4.79 Å². The summed E-state index contributed by atoms with van der Waals surface area (Å²) in [6.45, 7) is 2.59. The van der Waals surface area contributed by atoms with Crippen molar-refractivity contribution in [2.75, 3.05) is 33.5 Å². The van der Waals surface area contributed by atoms with Crippen LogP contribution in [0.3, 0.4) is 0 Å². The zero-order valence-electron chi connectivity index (χ0n) is 13.8. The van der Waals surface area contributed by atoms with Crippen molar-refractivity contribution in [3.8, 4) is 0 Å². The molecule has 1 aliphatic heterocycles. The fraction of sp³-hybridized carbons (Fsp3) is 0.722. The molecule has 0 spiro atoms. The third-order valence-corrected chi connectivity index (χ3v) is 5.25. The van der Waals surface area contributed by atoms with E-state index in [-0.39, 0.29) is 11.9 Å². The number of H-pyrrole nitrogens is 1. The first-order valence-electron chi connectivity index (χ1n) is 8.88. The summed E-state index contributed by atoms with van der Waals surface area (Å²) >= 11 is 0. The van der Waals surface area contributed by atoms with Crippen molar-refractivity contribution in [1.29, 1.82) is 0 Å². The summed E-state index contributed by atoms with van der Waals surface area (Å²) in [5, 5.41) is 0. The number of methoxy groups -OCH3 is 1. The van der Waals surface area contributed by atoms with E-state index in [1.807, 2.05) is 4.90 Å². The van der Waals surface area contributed by atoms with E-state index < -0.39 is 0 Å². The van der Waals surface area contributed by atoms with Gasteiger partial charge in [0.25, 0.3) is 5.91 Å². The number of carbonyl (C=O) groups is 1. The van der Waals surface area contributed by atoms with E-state index in [0.29, 0.717) is 38.2 Å². The van der Waals surface area contributed by atoms with Gasteiger partial charge in [0.1, 0.15) is 0 Å². The Balaban J connectivity index is 1.56. The Labute approximate surface area is 137 Å². The molecule has 23 heavy (non-hydrogen) atoms. The van der Waals surface area contributed by atoms with Crippen LogP contribution in [-0.2, 0) is 9.47 Å². The minimum absolute atomic E-state index is 0.127. The molecule has 2 heterocycles. The smallest absolute Gasteiger partial charge is 0.256 e. The predicted molar refractivity (Wildman–Crippen MR) is 86.9 cm³/mol. The van der Waals surface area contributed by atoms with Gasteiger partial charge in [-0.05, 0) is 50.0 Å². The summed E-state index contributed by atoms with van der Waals surface area (Å²) in [6.07, 6.45) is 5.77. The average molecular weight is 318 g/mol. The van der Waals surface area contributed by atoms with Crippen molar-refractivity contribution < 1.29 is 14.3 Å². The van der Waals surface area contributed by atoms with Gasteiger partial charge in [0.05, 0.1) is 24.8 Å². The molecule has 1 saturated heterocycles. The summed E-state index contributed by atoms with van der Waals surface area (Å²) in [5.41, 5.74) is 3.38. The summed E-state index contributed by atoms with van der Waals surface area (Å²) < 4.78 is 10.8. The second kappa shape index (κ2) is 6.29. The molecule has 1 aromatic rings. The predicted octanol–water partition coefficient (Wildman–Crippen LogP) is 2.65. The van der Waals surface area contributed by atoms with Crippen LogP contribution in [-0.4, -0.2) is 55.3 Å². The number of hydrogen-bond donors (Lipinski definition) is 1. The number of aromatic amines is 1. The Bertz CT molecular complexity index is 575. The van der Waals surface area contributed by atoms with Crippen molar-refractivity contribution >= 4 is 5.91 Å². The number of carbonyl (C=O) groups excluding carboxylic acids is 1. The molecular weight excluding hydrogens is 292 g/mol. The number of nitrogens with zero attached hydrogens (tertiary/aromatic N) is 1. The molecule has 0 aromatic carbocycles. The largest absolute Gasteiger partial charge is 0.385 e. The number of aromatic nitrogens is 1. The maximum Gasteiger partial charge on any atom is 0.256 e. The maximum atomic E-state index is 13.2. The van der Waals surface area contributed by atoms with E-state index in [2.05, 4.69) is 11.1 Å². The molecule has 3 fully saturated rings. The van der Waals surface area contributed by atoms with Crippen LogP contribution < -0.4 is 0 Å². The lowest BCUT2D eigenvalue weighted by Gasteiger charge is -2.35. The van der Waals surface area contributed by atoms with Crippen molar-refractivity contribution in [2.45, 2.75) is 50.0 Å². The van der Waals surface area contributed by atoms with E-state index in [1.165, 1.54) is 37.1 Å². The number of ether oxygens (including phenoxy) is 2. The van der Waals surface area contributed by atoms with Crippen LogP contribution in [0, 0.1) is 0 Å². The van der Waals surface area contributed by atoms with Crippen LogP contribution in [0.5, 0.6) is 0 Å². The topological polar surface area (TPSA) is 54.6 Å². The number of hydrogen-bond acceptors (Lipinski definition) is 3. The number of amides is 1. The molecule has 0 radical (unpaired) electrons. The van der Waals surface area contributed by atoms with Gasteiger partial charge in [-0.2, -0.15) is 0 Å². The van der Waals surface area contributed by atoms with Crippen LogP contribution in [0.15, 0.2) is 6.07 Å². The monoisotopic (exact) mass is 318 g/mol. The Morgan fingerprint density at radius 2 is 2.13 bits per heavy atom. The molecule has 1 aromatic heterocycles. The summed E-state index contributed by atoms with van der Waals surface area (Å²) in [6, 6.07) is 2.26. The maximum absolute atomic E-state index is 13.2. The van der Waals surface area contributed by atoms with Crippen molar-refractivity contribution in [3.63, 3.8) is 0 Å². The Kier molecular flexibility index (Phi) is 4.16. The molecule has 5 heteroatoms. The Morgan fingerprint density at radius 3 is 2.83 bits per heavy atom. The highest BCUT2D eigenvalue weighted by Gasteiger charge is 2.36. The number of nitrogens with one attached hydrogen (secondary N) is 1. The van der Waals surface area contributed by atoms with Crippen LogP contribution >= 0.6 is 0 Å². The molecule has 126 valence electrons. The van der Waals surface area contributed by atoms with Gasteiger partial charge in [0, 0.05) is 31.6 Å².